The van der Waals surface area contributed by atoms with Crippen LogP contribution in [0.2, 0.25) is 10.0 Å². The molecule has 2 aromatic rings. The van der Waals surface area contributed by atoms with Gasteiger partial charge in [-0.2, -0.15) is 0 Å². The number of anilines is 2. The van der Waals surface area contributed by atoms with E-state index in [1.807, 2.05) is 12.1 Å². The second-order valence-corrected chi connectivity index (χ2v) is 6.29. The number of hydrogen-bond donors (Lipinski definition) is 3. The Balaban J connectivity index is 1.95. The first-order valence-corrected chi connectivity index (χ1v) is 8.30. The minimum absolute atomic E-state index is 0.162. The van der Waals surface area contributed by atoms with Crippen molar-refractivity contribution in [1.82, 2.24) is 5.32 Å². The van der Waals surface area contributed by atoms with Gasteiger partial charge in [0.1, 0.15) is 0 Å². The van der Waals surface area contributed by atoms with Crippen LogP contribution >= 0.6 is 23.2 Å². The predicted octanol–water partition coefficient (Wildman–Crippen LogP) is 4.81. The van der Waals surface area contributed by atoms with E-state index in [4.69, 9.17) is 23.2 Å². The topological polar surface area (TPSA) is 61.4 Å². The van der Waals surface area contributed by atoms with Gasteiger partial charge in [0.15, 0.2) is 0 Å². The Morgan fingerprint density at radius 3 is 2.50 bits per heavy atom. The molecule has 0 saturated heterocycles. The molecule has 0 atom stereocenters. The molecule has 0 radical (unpaired) electrons. The van der Waals surface area contributed by atoms with E-state index in [-0.39, 0.29) is 5.56 Å². The lowest BCUT2D eigenvalue weighted by atomic mass is 10.00. The van der Waals surface area contributed by atoms with Gasteiger partial charge in [-0.1, -0.05) is 41.4 Å². The highest BCUT2D eigenvalue weighted by Gasteiger charge is 2.15. The van der Waals surface area contributed by atoms with Crippen molar-refractivity contribution >= 4 is 46.1 Å². The van der Waals surface area contributed by atoms with Crippen LogP contribution in [0.3, 0.4) is 0 Å². The quantitative estimate of drug-likeness (QED) is 0.730. The average molecular weight is 363 g/mol. The molecule has 1 heterocycles. The summed E-state index contributed by atoms with van der Waals surface area (Å²) in [7, 11) is 0. The van der Waals surface area contributed by atoms with E-state index in [1.54, 1.807) is 18.2 Å². The van der Waals surface area contributed by atoms with E-state index >= 15 is 0 Å². The van der Waals surface area contributed by atoms with Gasteiger partial charge in [0.25, 0.3) is 0 Å². The van der Waals surface area contributed by atoms with Crippen molar-refractivity contribution in [3.8, 4) is 0 Å². The lowest BCUT2D eigenvalue weighted by Crippen LogP contribution is -2.20. The molecule has 0 aliphatic carbocycles. The minimum Gasteiger partial charge on any atom is -0.478 e. The number of aromatic carboxylic acids is 1. The molecule has 24 heavy (non-hydrogen) atoms. The number of carboxylic acids is 1. The SMILES string of the molecule is O=C(O)c1ccccc1Nc1c(Cl)cc(C2=CCNCC2)cc1Cl. The van der Waals surface area contributed by atoms with Crippen molar-refractivity contribution in [2.75, 3.05) is 18.4 Å². The zero-order chi connectivity index (χ0) is 17.1. The minimum atomic E-state index is -1.01. The molecule has 6 heteroatoms. The van der Waals surface area contributed by atoms with Gasteiger partial charge in [-0.15, -0.1) is 0 Å². The Hall–Kier alpha value is -2.01. The third-order valence-corrected chi connectivity index (χ3v) is 4.49. The van der Waals surface area contributed by atoms with Crippen molar-refractivity contribution in [1.29, 1.82) is 0 Å². The number of nitrogens with one attached hydrogen (secondary N) is 2. The first-order chi connectivity index (χ1) is 11.6. The summed E-state index contributed by atoms with van der Waals surface area (Å²) in [6.07, 6.45) is 3.04. The first-order valence-electron chi connectivity index (χ1n) is 7.55. The number of benzene rings is 2. The third kappa shape index (κ3) is 3.56. The van der Waals surface area contributed by atoms with E-state index in [2.05, 4.69) is 16.7 Å². The van der Waals surface area contributed by atoms with Crippen molar-refractivity contribution in [2.24, 2.45) is 0 Å². The average Bonchev–Trinajstić information content (AvgIpc) is 2.59. The number of carbonyl (C=O) groups is 1. The Bertz CT molecular complexity index is 795. The van der Waals surface area contributed by atoms with Gasteiger partial charge in [-0.05, 0) is 48.4 Å². The fourth-order valence-electron chi connectivity index (χ4n) is 2.68. The first kappa shape index (κ1) is 16.8. The zero-order valence-electron chi connectivity index (χ0n) is 12.8. The summed E-state index contributed by atoms with van der Waals surface area (Å²) in [5.41, 5.74) is 3.31. The lowest BCUT2D eigenvalue weighted by molar-refractivity contribution is 0.0698. The number of halogens is 2. The molecule has 3 rings (SSSR count). The van der Waals surface area contributed by atoms with E-state index < -0.39 is 5.97 Å². The van der Waals surface area contributed by atoms with Gasteiger partial charge in [0.2, 0.25) is 0 Å². The van der Waals surface area contributed by atoms with Crippen LogP contribution in [0, 0.1) is 0 Å². The molecule has 4 nitrogen and oxygen atoms in total. The Morgan fingerprint density at radius 1 is 1.17 bits per heavy atom. The maximum absolute atomic E-state index is 11.3. The van der Waals surface area contributed by atoms with Crippen molar-refractivity contribution in [3.05, 3.63) is 63.6 Å². The van der Waals surface area contributed by atoms with E-state index in [9.17, 15) is 9.90 Å². The number of para-hydroxylation sites is 1. The van der Waals surface area contributed by atoms with Gasteiger partial charge in [-0.25, -0.2) is 4.79 Å². The normalized spacial score (nSPS) is 14.2. The molecule has 0 saturated carbocycles. The summed E-state index contributed by atoms with van der Waals surface area (Å²) in [5, 5.41) is 16.5. The number of rotatable bonds is 4. The number of carboxylic acid groups (broad SMARTS) is 1. The van der Waals surface area contributed by atoms with Crippen molar-refractivity contribution < 1.29 is 9.90 Å². The highest BCUT2D eigenvalue weighted by atomic mass is 35.5. The molecule has 124 valence electrons. The van der Waals surface area contributed by atoms with Crippen molar-refractivity contribution in [3.63, 3.8) is 0 Å². The maximum atomic E-state index is 11.3. The van der Waals surface area contributed by atoms with Gasteiger partial charge in [-0.3, -0.25) is 0 Å². The van der Waals surface area contributed by atoms with E-state index in [0.29, 0.717) is 21.4 Å². The fourth-order valence-corrected chi connectivity index (χ4v) is 3.26. The second-order valence-electron chi connectivity index (χ2n) is 5.47. The van der Waals surface area contributed by atoms with E-state index in [0.717, 1.165) is 25.1 Å². The van der Waals surface area contributed by atoms with Gasteiger partial charge < -0.3 is 15.7 Å². The number of hydrogen-bond acceptors (Lipinski definition) is 3. The van der Waals surface area contributed by atoms with Crippen LogP contribution in [-0.2, 0) is 0 Å². The summed E-state index contributed by atoms with van der Waals surface area (Å²) in [4.78, 5) is 11.3. The van der Waals surface area contributed by atoms with Crippen LogP contribution in [0.25, 0.3) is 5.57 Å². The maximum Gasteiger partial charge on any atom is 0.337 e. The summed E-state index contributed by atoms with van der Waals surface area (Å²) >= 11 is 12.8. The standard InChI is InChI=1S/C18H16Cl2N2O2/c19-14-9-12(11-5-7-21-8-6-11)10-15(20)17(14)22-16-4-2-1-3-13(16)18(23)24/h1-5,9-10,21-22H,6-8H2,(H,23,24). The molecule has 3 N–H and O–H groups in total. The van der Waals surface area contributed by atoms with E-state index in [1.165, 1.54) is 11.6 Å². The van der Waals surface area contributed by atoms with Crippen LogP contribution in [-0.4, -0.2) is 24.2 Å². The van der Waals surface area contributed by atoms with Crippen LogP contribution in [0.4, 0.5) is 11.4 Å². The highest BCUT2D eigenvalue weighted by Crippen LogP contribution is 2.37. The molecule has 0 unspecified atom stereocenters. The van der Waals surface area contributed by atoms with Gasteiger partial charge >= 0.3 is 5.97 Å². The molecular weight excluding hydrogens is 347 g/mol. The highest BCUT2D eigenvalue weighted by molar-refractivity contribution is 6.39. The fraction of sp³-hybridized carbons (Fsp3) is 0.167. The molecule has 2 aromatic carbocycles. The predicted molar refractivity (Wildman–Crippen MR) is 98.6 cm³/mol. The van der Waals surface area contributed by atoms with Crippen LogP contribution < -0.4 is 10.6 Å². The summed E-state index contributed by atoms with van der Waals surface area (Å²) in [6, 6.07) is 10.3. The smallest absolute Gasteiger partial charge is 0.337 e. The molecule has 1 aliphatic heterocycles. The van der Waals surface area contributed by atoms with Crippen molar-refractivity contribution in [2.45, 2.75) is 6.42 Å². The van der Waals surface area contributed by atoms with Crippen LogP contribution in [0.1, 0.15) is 22.3 Å². The Kier molecular flexibility index (Phi) is 5.09. The monoisotopic (exact) mass is 362 g/mol. The lowest BCUT2D eigenvalue weighted by Gasteiger charge is -2.17. The Morgan fingerprint density at radius 2 is 1.88 bits per heavy atom. The summed E-state index contributed by atoms with van der Waals surface area (Å²) in [6.45, 7) is 1.75. The third-order valence-electron chi connectivity index (χ3n) is 3.89. The summed E-state index contributed by atoms with van der Waals surface area (Å²) < 4.78 is 0. The molecular formula is C18H16Cl2N2O2. The van der Waals surface area contributed by atoms with Gasteiger partial charge in [0, 0.05) is 6.54 Å². The largest absolute Gasteiger partial charge is 0.478 e. The second kappa shape index (κ2) is 7.26. The summed E-state index contributed by atoms with van der Waals surface area (Å²) in [5.74, 6) is -1.01. The molecule has 0 spiro atoms. The zero-order valence-corrected chi connectivity index (χ0v) is 14.3. The molecule has 0 aromatic heterocycles. The van der Waals surface area contributed by atoms with Gasteiger partial charge in [0.05, 0.1) is 27.0 Å². The molecule has 1 aliphatic rings. The Labute approximate surface area is 150 Å². The van der Waals surface area contributed by atoms with Crippen LogP contribution in [0.15, 0.2) is 42.5 Å². The van der Waals surface area contributed by atoms with Crippen LogP contribution in [0.5, 0.6) is 0 Å². The molecule has 0 fully saturated rings. The molecule has 0 amide bonds. The molecule has 0 bridgehead atoms.